The summed E-state index contributed by atoms with van der Waals surface area (Å²) in [6, 6.07) is 29.7. The summed E-state index contributed by atoms with van der Waals surface area (Å²) in [5.41, 5.74) is 6.01. The number of pyridine rings is 1. The number of piperidine rings is 1. The molecule has 0 amide bonds. The fourth-order valence-corrected chi connectivity index (χ4v) is 8.18. The molecule has 1 fully saturated rings. The molecule has 2 aromatic heterocycles. The molecule has 0 bridgehead atoms. The Balaban J connectivity index is 0.000000209. The van der Waals surface area contributed by atoms with E-state index in [4.69, 9.17) is 11.6 Å². The van der Waals surface area contributed by atoms with E-state index in [2.05, 4.69) is 45.9 Å². The van der Waals surface area contributed by atoms with Crippen molar-refractivity contribution in [1.82, 2.24) is 24.3 Å². The minimum Gasteiger partial charge on any atom is -0.382 e. The highest BCUT2D eigenvalue weighted by Gasteiger charge is 2.24. The van der Waals surface area contributed by atoms with Crippen LogP contribution < -0.4 is 11.0 Å². The number of hydrogen-bond donors (Lipinski definition) is 2. The van der Waals surface area contributed by atoms with Gasteiger partial charge in [0.2, 0.25) is 0 Å². The number of aromatic amines is 1. The second kappa shape index (κ2) is 20.0. The summed E-state index contributed by atoms with van der Waals surface area (Å²) in [6.45, 7) is 13.0. The van der Waals surface area contributed by atoms with Gasteiger partial charge in [0.1, 0.15) is 11.6 Å². The van der Waals surface area contributed by atoms with Crippen molar-refractivity contribution >= 4 is 39.2 Å². The maximum atomic E-state index is 13.5. The summed E-state index contributed by atoms with van der Waals surface area (Å²) >= 11 is 6.04. The molecule has 296 valence electrons. The van der Waals surface area contributed by atoms with Gasteiger partial charge in [-0.15, -0.1) is 0 Å². The minimum atomic E-state index is -0.251. The molecule has 1 aliphatic rings. The fraction of sp³-hybridized carbons (Fsp3) is 0.391. The van der Waals surface area contributed by atoms with Crippen LogP contribution in [0.3, 0.4) is 0 Å². The summed E-state index contributed by atoms with van der Waals surface area (Å²) in [6.07, 6.45) is 7.99. The second-order valence-electron chi connectivity index (χ2n) is 14.9. The molecule has 1 saturated heterocycles. The summed E-state index contributed by atoms with van der Waals surface area (Å²) in [4.78, 5) is 24.8. The Bertz CT molecular complexity index is 2130. The van der Waals surface area contributed by atoms with E-state index in [-0.39, 0.29) is 29.3 Å². The maximum absolute atomic E-state index is 13.5. The molecule has 0 radical (unpaired) electrons. The van der Waals surface area contributed by atoms with Gasteiger partial charge >= 0.3 is 5.69 Å². The summed E-state index contributed by atoms with van der Waals surface area (Å²) in [5.74, 6) is -0.402. The largest absolute Gasteiger partial charge is 0.382 e. The van der Waals surface area contributed by atoms with E-state index in [0.717, 1.165) is 109 Å². The lowest BCUT2D eigenvalue weighted by atomic mass is 9.87. The van der Waals surface area contributed by atoms with Gasteiger partial charge in [0.15, 0.2) is 0 Å². The van der Waals surface area contributed by atoms with Crippen LogP contribution in [-0.2, 0) is 0 Å². The zero-order valence-corrected chi connectivity index (χ0v) is 33.6. The zero-order chi connectivity index (χ0) is 39.4. The first kappa shape index (κ1) is 41.1. The van der Waals surface area contributed by atoms with Crippen molar-refractivity contribution in [2.24, 2.45) is 0 Å². The van der Waals surface area contributed by atoms with Crippen LogP contribution in [0.1, 0.15) is 82.4 Å². The highest BCUT2D eigenvalue weighted by molar-refractivity contribution is 6.31. The number of hydrogen-bond acceptors (Lipinski definition) is 5. The minimum absolute atomic E-state index is 0.0268. The number of aromatic nitrogens is 3. The van der Waals surface area contributed by atoms with E-state index in [1.807, 2.05) is 83.6 Å². The third-order valence-electron chi connectivity index (χ3n) is 11.2. The number of nitrogens with one attached hydrogen (secondary N) is 2. The van der Waals surface area contributed by atoms with Gasteiger partial charge in [0.05, 0.1) is 16.6 Å². The van der Waals surface area contributed by atoms with Gasteiger partial charge in [-0.05, 0) is 143 Å². The first-order valence-corrected chi connectivity index (χ1v) is 20.6. The van der Waals surface area contributed by atoms with Crippen molar-refractivity contribution < 1.29 is 8.78 Å². The number of anilines is 1. The van der Waals surface area contributed by atoms with Gasteiger partial charge in [0.25, 0.3) is 0 Å². The Morgan fingerprint density at radius 3 is 2.20 bits per heavy atom. The lowest BCUT2D eigenvalue weighted by Crippen LogP contribution is -2.37. The van der Waals surface area contributed by atoms with Crippen LogP contribution in [0, 0.1) is 11.6 Å². The van der Waals surface area contributed by atoms with Crippen molar-refractivity contribution in [3.63, 3.8) is 0 Å². The SMILES string of the molecule is CCN(CC)CCCC(C)Nc1ccnc2cc(Cl)ccc12.O=c1[nH]c2ccccc2n1C1CCN(CCCC(c2ccc(F)cc2)c2ccc(F)cc2)CC1. The molecule has 6 aromatic rings. The van der Waals surface area contributed by atoms with Crippen LogP contribution in [-0.4, -0.2) is 69.6 Å². The van der Waals surface area contributed by atoms with Crippen molar-refractivity contribution in [1.29, 1.82) is 0 Å². The number of nitrogens with zero attached hydrogens (tertiary/aromatic N) is 4. The molecule has 1 aliphatic heterocycles. The lowest BCUT2D eigenvalue weighted by Gasteiger charge is -2.32. The number of benzene rings is 4. The average Bonchev–Trinajstić information content (AvgIpc) is 3.55. The Morgan fingerprint density at radius 2 is 1.54 bits per heavy atom. The summed E-state index contributed by atoms with van der Waals surface area (Å²) < 4.78 is 28.9. The van der Waals surface area contributed by atoms with Gasteiger partial charge < -0.3 is 20.1 Å². The van der Waals surface area contributed by atoms with Crippen molar-refractivity contribution in [2.45, 2.75) is 77.3 Å². The van der Waals surface area contributed by atoms with E-state index in [0.29, 0.717) is 6.04 Å². The van der Waals surface area contributed by atoms with E-state index in [1.165, 1.54) is 37.2 Å². The molecule has 1 unspecified atom stereocenters. The van der Waals surface area contributed by atoms with E-state index in [9.17, 15) is 13.6 Å². The molecule has 4 aromatic carbocycles. The first-order valence-electron chi connectivity index (χ1n) is 20.2. The Kier molecular flexibility index (Phi) is 14.7. The Morgan fingerprint density at radius 1 is 0.875 bits per heavy atom. The highest BCUT2D eigenvalue weighted by atomic mass is 35.5. The molecule has 3 heterocycles. The summed E-state index contributed by atoms with van der Waals surface area (Å²) in [5, 5.41) is 5.47. The summed E-state index contributed by atoms with van der Waals surface area (Å²) in [7, 11) is 0. The van der Waals surface area contributed by atoms with Crippen LogP contribution in [0.25, 0.3) is 21.9 Å². The zero-order valence-electron chi connectivity index (χ0n) is 32.9. The predicted molar refractivity (Wildman–Crippen MR) is 228 cm³/mol. The van der Waals surface area contributed by atoms with Crippen LogP contribution in [0.5, 0.6) is 0 Å². The number of para-hydroxylation sites is 2. The van der Waals surface area contributed by atoms with Gasteiger partial charge in [-0.1, -0.05) is 61.8 Å². The monoisotopic (exact) mass is 780 g/mol. The Labute approximate surface area is 334 Å². The first-order chi connectivity index (χ1) is 27.2. The van der Waals surface area contributed by atoms with Gasteiger partial charge in [-0.3, -0.25) is 9.55 Å². The van der Waals surface area contributed by atoms with E-state index >= 15 is 0 Å². The number of rotatable bonds is 15. The van der Waals surface area contributed by atoms with Gasteiger partial charge in [-0.25, -0.2) is 13.6 Å². The molecule has 0 aliphatic carbocycles. The average molecular weight is 781 g/mol. The molecule has 0 saturated carbocycles. The van der Waals surface area contributed by atoms with Crippen molar-refractivity contribution in [2.75, 3.05) is 44.6 Å². The van der Waals surface area contributed by atoms with E-state index in [1.54, 1.807) is 0 Å². The number of H-pyrrole nitrogens is 1. The molecular weight excluding hydrogens is 726 g/mol. The van der Waals surface area contributed by atoms with Crippen LogP contribution in [0.4, 0.5) is 14.5 Å². The topological polar surface area (TPSA) is 69.2 Å². The number of imidazole rings is 1. The molecule has 7 nitrogen and oxygen atoms in total. The lowest BCUT2D eigenvalue weighted by molar-refractivity contribution is 0.183. The van der Waals surface area contributed by atoms with E-state index < -0.39 is 0 Å². The number of halogens is 3. The smallest absolute Gasteiger partial charge is 0.326 e. The molecule has 56 heavy (non-hydrogen) atoms. The van der Waals surface area contributed by atoms with Crippen molar-refractivity contribution in [3.8, 4) is 0 Å². The highest BCUT2D eigenvalue weighted by Crippen LogP contribution is 2.31. The molecular formula is C46H55ClF2N6O. The second-order valence-corrected chi connectivity index (χ2v) is 15.4. The van der Waals surface area contributed by atoms with Gasteiger partial charge in [0, 0.05) is 53.4 Å². The van der Waals surface area contributed by atoms with Crippen LogP contribution in [0.15, 0.2) is 108 Å². The number of fused-ring (bicyclic) bond motifs is 2. The fourth-order valence-electron chi connectivity index (χ4n) is 8.02. The molecule has 0 spiro atoms. The predicted octanol–water partition coefficient (Wildman–Crippen LogP) is 10.7. The normalized spacial score (nSPS) is 14.4. The molecule has 10 heteroatoms. The third kappa shape index (κ3) is 10.8. The standard InChI is InChI=1S/C28H29F2N3O.C18H26ClN3/c29-22-11-7-20(8-12-22)25(21-9-13-23(30)14-10-21)4-3-17-32-18-15-24(16-19-32)33-27-6-2-1-5-26(27)31-28(33)34;1-4-22(5-2)12-6-7-14(3)21-17-10-11-20-18-13-15(19)8-9-16(17)18/h1-2,5-14,24-25H,3-4,15-19H2,(H,31,34);8-11,13-14H,4-7,12H2,1-3H3,(H,20,21). The maximum Gasteiger partial charge on any atom is 0.326 e. The molecule has 7 rings (SSSR count). The van der Waals surface area contributed by atoms with Gasteiger partial charge in [-0.2, -0.15) is 0 Å². The van der Waals surface area contributed by atoms with Crippen LogP contribution >= 0.6 is 11.6 Å². The molecule has 2 N–H and O–H groups in total. The number of likely N-dealkylation sites (tertiary alicyclic amines) is 1. The Hall–Kier alpha value is -4.57. The quantitative estimate of drug-likeness (QED) is 0.109. The van der Waals surface area contributed by atoms with Crippen molar-refractivity contribution in [3.05, 3.63) is 142 Å². The third-order valence-corrected chi connectivity index (χ3v) is 11.4. The molecule has 1 atom stereocenters. The van der Waals surface area contributed by atoms with Crippen LogP contribution in [0.2, 0.25) is 5.02 Å².